The monoisotopic (exact) mass is 560 g/mol. The van der Waals surface area contributed by atoms with Crippen LogP contribution >= 0.6 is 0 Å². The van der Waals surface area contributed by atoms with E-state index in [9.17, 15) is 5.11 Å². The Kier molecular flexibility index (Phi) is 11.0. The smallest absolute Gasteiger partial charge is 0.0947 e. The van der Waals surface area contributed by atoms with Gasteiger partial charge in [0.25, 0.3) is 0 Å². The van der Waals surface area contributed by atoms with E-state index >= 15 is 0 Å². The number of unbranched alkanes of at least 4 members (excludes halogenated alkanes) is 1. The van der Waals surface area contributed by atoms with Gasteiger partial charge in [-0.3, -0.25) is 5.32 Å². The molecule has 0 heterocycles. The Labute approximate surface area is 253 Å². The average Bonchev–Trinajstić information content (AvgIpc) is 3.08. The summed E-state index contributed by atoms with van der Waals surface area (Å²) in [5, 5.41) is 19.6. The molecule has 0 bridgehead atoms. The molecular weight excluding hydrogens is 512 g/mol. The molecule has 0 spiro atoms. The molecule has 5 rings (SSSR count). The summed E-state index contributed by atoms with van der Waals surface area (Å²) in [4.78, 5) is 0. The van der Waals surface area contributed by atoms with Crippen molar-refractivity contribution in [1.29, 1.82) is 0 Å². The lowest BCUT2D eigenvalue weighted by atomic mass is 9.71. The van der Waals surface area contributed by atoms with Gasteiger partial charge in [-0.25, -0.2) is 0 Å². The van der Waals surface area contributed by atoms with E-state index in [0.29, 0.717) is 5.92 Å². The Hall–Kier alpha value is -3.24. The van der Waals surface area contributed by atoms with E-state index in [1.54, 1.807) is 0 Å². The van der Waals surface area contributed by atoms with Crippen molar-refractivity contribution in [3.63, 3.8) is 0 Å². The fourth-order valence-electron chi connectivity index (χ4n) is 7.02. The van der Waals surface area contributed by atoms with Gasteiger partial charge in [-0.05, 0) is 86.3 Å². The second-order valence-corrected chi connectivity index (χ2v) is 12.0. The van der Waals surface area contributed by atoms with Gasteiger partial charge in [0.1, 0.15) is 0 Å². The van der Waals surface area contributed by atoms with E-state index in [4.69, 9.17) is 0 Å². The van der Waals surface area contributed by atoms with Crippen molar-refractivity contribution in [2.75, 3.05) is 19.6 Å². The van der Waals surface area contributed by atoms with E-state index in [0.717, 1.165) is 63.7 Å². The third kappa shape index (κ3) is 7.21. The Bertz CT molecular complexity index is 1190. The fraction of sp³-hybridized carbons (Fsp3) is 0.385. The van der Waals surface area contributed by atoms with Crippen molar-refractivity contribution in [2.24, 2.45) is 5.92 Å². The summed E-state index contributed by atoms with van der Waals surface area (Å²) in [7, 11) is 0. The molecule has 3 heteroatoms. The zero-order valence-corrected chi connectivity index (χ0v) is 25.1. The lowest BCUT2D eigenvalue weighted by molar-refractivity contribution is -0.0474. The number of hydrogen-bond acceptors (Lipinski definition) is 3. The standard InChI is InChI=1S/C39H48N2O/c42-38(33-19-6-1-7-20-33,34-21-8-2-9-22-34)29-18-31-40-30-16-17-32-41-39(35-23-10-3-11-24-35,36-25-12-4-13-26-36)37-27-14-5-15-28-37/h1,3-7,10-15,19-20,23-28,34,40-42H,2,8-9,16-18,21-22,29-32H2. The number of nitrogens with one attached hydrogen (secondary N) is 2. The van der Waals surface area contributed by atoms with Crippen molar-refractivity contribution in [3.05, 3.63) is 144 Å². The van der Waals surface area contributed by atoms with Crippen molar-refractivity contribution < 1.29 is 5.11 Å². The summed E-state index contributed by atoms with van der Waals surface area (Å²) in [6.07, 6.45) is 10.1. The second-order valence-electron chi connectivity index (χ2n) is 12.0. The van der Waals surface area contributed by atoms with E-state index < -0.39 is 11.1 Å². The van der Waals surface area contributed by atoms with Crippen LogP contribution in [0.3, 0.4) is 0 Å². The van der Waals surface area contributed by atoms with Gasteiger partial charge in [-0.15, -0.1) is 0 Å². The molecule has 1 atom stereocenters. The predicted octanol–water partition coefficient (Wildman–Crippen LogP) is 8.19. The molecule has 4 aromatic carbocycles. The summed E-state index contributed by atoms with van der Waals surface area (Å²) in [6.45, 7) is 2.84. The molecule has 1 saturated carbocycles. The van der Waals surface area contributed by atoms with E-state index in [2.05, 4.69) is 126 Å². The zero-order chi connectivity index (χ0) is 28.9. The average molecular weight is 561 g/mol. The fourth-order valence-corrected chi connectivity index (χ4v) is 7.02. The first-order valence-electron chi connectivity index (χ1n) is 16.1. The van der Waals surface area contributed by atoms with Gasteiger partial charge in [0.2, 0.25) is 0 Å². The quantitative estimate of drug-likeness (QED) is 0.101. The summed E-state index contributed by atoms with van der Waals surface area (Å²) in [6, 6.07) is 42.9. The minimum absolute atomic E-state index is 0.374. The molecule has 42 heavy (non-hydrogen) atoms. The van der Waals surface area contributed by atoms with E-state index in [1.807, 2.05) is 6.07 Å². The highest BCUT2D eigenvalue weighted by Gasteiger charge is 2.38. The predicted molar refractivity (Wildman–Crippen MR) is 175 cm³/mol. The molecule has 220 valence electrons. The molecule has 1 unspecified atom stereocenters. The summed E-state index contributed by atoms with van der Waals surface area (Å²) >= 11 is 0. The third-order valence-electron chi connectivity index (χ3n) is 9.26. The van der Waals surface area contributed by atoms with Crippen LogP contribution in [0.25, 0.3) is 0 Å². The van der Waals surface area contributed by atoms with Gasteiger partial charge in [0.15, 0.2) is 0 Å². The van der Waals surface area contributed by atoms with Crippen LogP contribution < -0.4 is 10.6 Å². The van der Waals surface area contributed by atoms with Crippen LogP contribution in [0.2, 0.25) is 0 Å². The molecule has 1 fully saturated rings. The van der Waals surface area contributed by atoms with Crippen LogP contribution in [0.4, 0.5) is 0 Å². The maximum absolute atomic E-state index is 11.9. The topological polar surface area (TPSA) is 44.3 Å². The Morgan fingerprint density at radius 3 is 1.45 bits per heavy atom. The molecule has 0 saturated heterocycles. The lowest BCUT2D eigenvalue weighted by Crippen LogP contribution is -2.45. The highest BCUT2D eigenvalue weighted by molar-refractivity contribution is 5.49. The molecule has 1 aliphatic carbocycles. The third-order valence-corrected chi connectivity index (χ3v) is 9.26. The lowest BCUT2D eigenvalue weighted by Gasteiger charge is -2.39. The van der Waals surface area contributed by atoms with Crippen LogP contribution in [-0.2, 0) is 11.1 Å². The van der Waals surface area contributed by atoms with Crippen molar-refractivity contribution in [2.45, 2.75) is 68.9 Å². The second kappa shape index (κ2) is 15.3. The van der Waals surface area contributed by atoms with Gasteiger partial charge < -0.3 is 10.4 Å². The van der Waals surface area contributed by atoms with Gasteiger partial charge in [0, 0.05) is 0 Å². The van der Waals surface area contributed by atoms with Crippen LogP contribution in [-0.4, -0.2) is 24.7 Å². The molecule has 4 aromatic rings. The molecule has 0 radical (unpaired) electrons. The highest BCUT2D eigenvalue weighted by Crippen LogP contribution is 2.42. The highest BCUT2D eigenvalue weighted by atomic mass is 16.3. The SMILES string of the molecule is OC(CCCNCCCCNC(c1ccccc1)(c1ccccc1)c1ccccc1)(c1ccccc1)C1CCCCC1. The summed E-state index contributed by atoms with van der Waals surface area (Å²) in [5.41, 5.74) is 3.75. The Balaban J connectivity index is 1.15. The van der Waals surface area contributed by atoms with Crippen LogP contribution in [0.5, 0.6) is 0 Å². The normalized spacial score (nSPS) is 15.7. The Morgan fingerprint density at radius 1 is 0.524 bits per heavy atom. The van der Waals surface area contributed by atoms with Crippen molar-refractivity contribution in [1.82, 2.24) is 10.6 Å². The van der Waals surface area contributed by atoms with Crippen molar-refractivity contribution >= 4 is 0 Å². The van der Waals surface area contributed by atoms with Crippen LogP contribution in [0, 0.1) is 5.92 Å². The van der Waals surface area contributed by atoms with Gasteiger partial charge in [0.05, 0.1) is 11.1 Å². The van der Waals surface area contributed by atoms with Crippen LogP contribution in [0.1, 0.15) is 80.0 Å². The van der Waals surface area contributed by atoms with Crippen molar-refractivity contribution in [3.8, 4) is 0 Å². The number of benzene rings is 4. The molecule has 1 aliphatic rings. The summed E-state index contributed by atoms with van der Waals surface area (Å²) < 4.78 is 0. The Morgan fingerprint density at radius 2 is 0.952 bits per heavy atom. The van der Waals surface area contributed by atoms with Crippen LogP contribution in [0.15, 0.2) is 121 Å². The molecular formula is C39H48N2O. The minimum atomic E-state index is -0.705. The first kappa shape index (κ1) is 30.2. The number of aliphatic hydroxyl groups is 1. The first-order chi connectivity index (χ1) is 20.7. The molecule has 0 aromatic heterocycles. The molecule has 3 nitrogen and oxygen atoms in total. The van der Waals surface area contributed by atoms with Gasteiger partial charge in [-0.1, -0.05) is 141 Å². The van der Waals surface area contributed by atoms with Gasteiger partial charge in [-0.2, -0.15) is 0 Å². The molecule has 3 N–H and O–H groups in total. The summed E-state index contributed by atoms with van der Waals surface area (Å²) in [5.74, 6) is 0.374. The zero-order valence-electron chi connectivity index (χ0n) is 25.1. The number of hydrogen-bond donors (Lipinski definition) is 3. The first-order valence-corrected chi connectivity index (χ1v) is 16.1. The van der Waals surface area contributed by atoms with Gasteiger partial charge >= 0.3 is 0 Å². The van der Waals surface area contributed by atoms with E-state index in [-0.39, 0.29) is 0 Å². The maximum Gasteiger partial charge on any atom is 0.0947 e. The maximum atomic E-state index is 11.9. The minimum Gasteiger partial charge on any atom is -0.385 e. The number of rotatable bonds is 15. The molecule has 0 amide bonds. The molecule has 0 aliphatic heterocycles. The largest absolute Gasteiger partial charge is 0.385 e. The van der Waals surface area contributed by atoms with E-state index in [1.165, 1.54) is 36.0 Å².